The van der Waals surface area contributed by atoms with Gasteiger partial charge in [0.05, 0.1) is 6.21 Å². The Morgan fingerprint density at radius 1 is 1.00 bits per heavy atom. The molecule has 2 aromatic rings. The molecule has 0 aliphatic heterocycles. The van der Waals surface area contributed by atoms with Crippen LogP contribution >= 0.6 is 11.6 Å². The van der Waals surface area contributed by atoms with Gasteiger partial charge in [-0.3, -0.25) is 0 Å². The van der Waals surface area contributed by atoms with E-state index in [1.54, 1.807) is 0 Å². The Morgan fingerprint density at radius 2 is 1.55 bits per heavy atom. The van der Waals surface area contributed by atoms with E-state index in [-0.39, 0.29) is 0 Å². The lowest BCUT2D eigenvalue weighted by molar-refractivity contribution is 0.287. The third-order valence-electron chi connectivity index (χ3n) is 2.55. The smallest absolute Gasteiger partial charge is 0.235 e. The maximum absolute atomic E-state index is 13.5. The van der Waals surface area contributed by atoms with E-state index in [0.717, 1.165) is 12.3 Å². The van der Waals surface area contributed by atoms with E-state index >= 15 is 0 Å². The lowest BCUT2D eigenvalue weighted by Crippen LogP contribution is -2.04. The quantitative estimate of drug-likeness (QED) is 0.367. The van der Waals surface area contributed by atoms with Gasteiger partial charge in [-0.25, -0.2) is 8.78 Å². The number of hydrogen-bond acceptors (Lipinski definition) is 3. The Hall–Kier alpha value is -2.59. The maximum atomic E-state index is 13.5. The van der Waals surface area contributed by atoms with Crippen LogP contribution in [0.15, 0.2) is 29.4 Å². The van der Waals surface area contributed by atoms with Gasteiger partial charge >= 0.3 is 0 Å². The average Bonchev–Trinajstić information content (AvgIpc) is 2.51. The van der Waals surface area contributed by atoms with Crippen molar-refractivity contribution < 1.29 is 22.4 Å². The molecule has 0 aliphatic rings. The Labute approximate surface area is 127 Å². The van der Waals surface area contributed by atoms with Crippen molar-refractivity contribution in [1.29, 1.82) is 5.26 Å². The minimum atomic E-state index is -1.85. The second kappa shape index (κ2) is 6.45. The summed E-state index contributed by atoms with van der Waals surface area (Å²) in [5, 5.41) is 12.1. The summed E-state index contributed by atoms with van der Waals surface area (Å²) in [6.45, 7) is 0. The summed E-state index contributed by atoms with van der Waals surface area (Å²) in [6, 6.07) is 7.15. The molecule has 22 heavy (non-hydrogen) atoms. The minimum Gasteiger partial charge on any atom is -0.350 e. The number of nitriles is 1. The molecule has 0 atom stereocenters. The molecule has 0 aliphatic carbocycles. The fourth-order valence-corrected chi connectivity index (χ4v) is 1.60. The van der Waals surface area contributed by atoms with Crippen LogP contribution in [-0.2, 0) is 0 Å². The third kappa shape index (κ3) is 3.02. The zero-order valence-corrected chi connectivity index (χ0v) is 11.3. The molecule has 0 heterocycles. The summed E-state index contributed by atoms with van der Waals surface area (Å²) in [4.78, 5) is 4.36. The maximum Gasteiger partial charge on any atom is 0.235 e. The molecule has 0 amide bonds. The van der Waals surface area contributed by atoms with Crippen LogP contribution in [0.3, 0.4) is 0 Å². The summed E-state index contributed by atoms with van der Waals surface area (Å²) in [7, 11) is 0. The molecule has 0 fully saturated rings. The normalized spacial score (nSPS) is 10.7. The van der Waals surface area contributed by atoms with Crippen molar-refractivity contribution in [3.8, 4) is 11.8 Å². The second-order valence-corrected chi connectivity index (χ2v) is 4.39. The Morgan fingerprint density at radius 3 is 2.05 bits per heavy atom. The molecule has 0 spiro atoms. The second-order valence-electron chi connectivity index (χ2n) is 3.95. The predicted molar refractivity (Wildman–Crippen MR) is 70.7 cm³/mol. The van der Waals surface area contributed by atoms with Gasteiger partial charge in [0, 0.05) is 5.02 Å². The molecule has 0 saturated carbocycles. The molecule has 0 bridgehead atoms. The molecule has 3 nitrogen and oxygen atoms in total. The highest BCUT2D eigenvalue weighted by atomic mass is 35.5. The first kappa shape index (κ1) is 15.8. The van der Waals surface area contributed by atoms with Crippen LogP contribution in [0.1, 0.15) is 11.1 Å². The van der Waals surface area contributed by atoms with Crippen molar-refractivity contribution in [2.45, 2.75) is 0 Å². The van der Waals surface area contributed by atoms with E-state index < -0.39 is 34.6 Å². The average molecular weight is 329 g/mol. The fraction of sp³-hybridized carbons (Fsp3) is 0. The lowest BCUT2D eigenvalue weighted by atomic mass is 10.2. The predicted octanol–water partition coefficient (Wildman–Crippen LogP) is 4.18. The molecule has 0 aromatic heterocycles. The lowest BCUT2D eigenvalue weighted by Gasteiger charge is -2.05. The van der Waals surface area contributed by atoms with Crippen molar-refractivity contribution in [3.63, 3.8) is 0 Å². The summed E-state index contributed by atoms with van der Waals surface area (Å²) in [5.41, 5.74) is -0.899. The van der Waals surface area contributed by atoms with E-state index in [0.29, 0.717) is 10.6 Å². The van der Waals surface area contributed by atoms with Crippen LogP contribution < -0.4 is 4.84 Å². The van der Waals surface area contributed by atoms with Crippen LogP contribution in [0.25, 0.3) is 0 Å². The minimum absolute atomic E-state index is 0.464. The molecule has 112 valence electrons. The fourth-order valence-electron chi connectivity index (χ4n) is 1.48. The Kier molecular flexibility index (Phi) is 4.63. The number of halogens is 5. The number of hydrogen-bond donors (Lipinski definition) is 0. The molecule has 0 saturated heterocycles. The van der Waals surface area contributed by atoms with Gasteiger partial charge in [0.25, 0.3) is 0 Å². The number of benzene rings is 2. The zero-order chi connectivity index (χ0) is 16.3. The van der Waals surface area contributed by atoms with Gasteiger partial charge in [-0.05, 0) is 17.7 Å². The SMILES string of the molecule is N#Cc1c(F)c(F)c(O/N=C/c2ccc(Cl)cc2)c(F)c1F. The van der Waals surface area contributed by atoms with Crippen molar-refractivity contribution in [2.24, 2.45) is 5.16 Å². The van der Waals surface area contributed by atoms with Crippen molar-refractivity contribution in [1.82, 2.24) is 0 Å². The van der Waals surface area contributed by atoms with Gasteiger partial charge in [-0.15, -0.1) is 0 Å². The molecule has 0 radical (unpaired) electrons. The van der Waals surface area contributed by atoms with Crippen molar-refractivity contribution >= 4 is 17.8 Å². The first-order chi connectivity index (χ1) is 10.5. The molecule has 2 aromatic carbocycles. The monoisotopic (exact) mass is 328 g/mol. The van der Waals surface area contributed by atoms with Gasteiger partial charge in [0.2, 0.25) is 17.4 Å². The van der Waals surface area contributed by atoms with Crippen LogP contribution in [0.5, 0.6) is 5.75 Å². The summed E-state index contributed by atoms with van der Waals surface area (Å²) in [6.07, 6.45) is 1.06. The van der Waals surface area contributed by atoms with Gasteiger partial charge in [0.15, 0.2) is 11.6 Å². The first-order valence-electron chi connectivity index (χ1n) is 5.67. The van der Waals surface area contributed by atoms with E-state index in [1.807, 2.05) is 0 Å². The van der Waals surface area contributed by atoms with E-state index in [2.05, 4.69) is 9.99 Å². The highest BCUT2D eigenvalue weighted by molar-refractivity contribution is 6.30. The number of oxime groups is 1. The van der Waals surface area contributed by atoms with Gasteiger partial charge < -0.3 is 4.84 Å². The van der Waals surface area contributed by atoms with Gasteiger partial charge in [-0.1, -0.05) is 28.9 Å². The molecule has 0 unspecified atom stereocenters. The molecule has 8 heteroatoms. The molecular weight excluding hydrogens is 324 g/mol. The van der Waals surface area contributed by atoms with E-state index in [9.17, 15) is 17.6 Å². The van der Waals surface area contributed by atoms with Crippen molar-refractivity contribution in [2.75, 3.05) is 0 Å². The first-order valence-corrected chi connectivity index (χ1v) is 6.05. The largest absolute Gasteiger partial charge is 0.350 e. The standard InChI is InChI=1S/C14H5ClF4N2O/c15-8-3-1-7(2-4-8)6-21-22-14-12(18)10(16)9(5-20)11(17)13(14)19/h1-4,6H/b21-6+. The summed E-state index contributed by atoms with van der Waals surface area (Å²) < 4.78 is 53.7. The van der Waals surface area contributed by atoms with Crippen molar-refractivity contribution in [3.05, 3.63) is 63.7 Å². The summed E-state index contributed by atoms with van der Waals surface area (Å²) in [5.74, 6) is -8.76. The summed E-state index contributed by atoms with van der Waals surface area (Å²) >= 11 is 5.66. The highest BCUT2D eigenvalue weighted by Gasteiger charge is 2.27. The number of rotatable bonds is 3. The highest BCUT2D eigenvalue weighted by Crippen LogP contribution is 2.29. The van der Waals surface area contributed by atoms with E-state index in [1.165, 1.54) is 24.3 Å². The topological polar surface area (TPSA) is 45.4 Å². The van der Waals surface area contributed by atoms with Crippen LogP contribution in [0, 0.1) is 34.6 Å². The van der Waals surface area contributed by atoms with E-state index in [4.69, 9.17) is 16.9 Å². The van der Waals surface area contributed by atoms with Gasteiger partial charge in [-0.2, -0.15) is 14.0 Å². The molecule has 0 N–H and O–H groups in total. The zero-order valence-electron chi connectivity index (χ0n) is 10.6. The Balaban J connectivity index is 2.31. The Bertz CT molecular complexity index is 756. The molecular formula is C14H5ClF4N2O. The van der Waals surface area contributed by atoms with Crippen LogP contribution in [-0.4, -0.2) is 6.21 Å². The number of nitrogens with zero attached hydrogens (tertiary/aromatic N) is 2. The van der Waals surface area contributed by atoms with Crippen LogP contribution in [0.4, 0.5) is 17.6 Å². The molecule has 2 rings (SSSR count). The van der Waals surface area contributed by atoms with Gasteiger partial charge in [0.1, 0.15) is 11.6 Å². The third-order valence-corrected chi connectivity index (χ3v) is 2.80. The van der Waals surface area contributed by atoms with Crippen LogP contribution in [0.2, 0.25) is 5.02 Å².